The number of amides is 2. The van der Waals surface area contributed by atoms with Gasteiger partial charge in [0.05, 0.1) is 11.4 Å². The van der Waals surface area contributed by atoms with Gasteiger partial charge in [0.1, 0.15) is 5.54 Å². The van der Waals surface area contributed by atoms with Crippen LogP contribution in [0.2, 0.25) is 0 Å². The summed E-state index contributed by atoms with van der Waals surface area (Å²) in [5, 5.41) is 4.42. The Hall–Kier alpha value is -3.06. The average molecular weight is 410 g/mol. The Morgan fingerprint density at radius 3 is 2.48 bits per heavy atom. The summed E-state index contributed by atoms with van der Waals surface area (Å²) in [5.41, 5.74) is -0.00602. The number of nitrogens with zero attached hydrogens (tertiary/aromatic N) is 1. The van der Waals surface area contributed by atoms with Gasteiger partial charge in [-0.15, -0.1) is 0 Å². The van der Waals surface area contributed by atoms with Crippen molar-refractivity contribution in [1.29, 1.82) is 0 Å². The van der Waals surface area contributed by atoms with Crippen LogP contribution in [0.4, 0.5) is 11.4 Å². The van der Waals surface area contributed by atoms with Crippen LogP contribution in [-0.4, -0.2) is 29.4 Å². The molecule has 1 heterocycles. The summed E-state index contributed by atoms with van der Waals surface area (Å²) in [7, 11) is 0. The third-order valence-corrected chi connectivity index (χ3v) is 5.34. The number of nitrogens with one attached hydrogen (secondary N) is 1. The average Bonchev–Trinajstić information content (AvgIpc) is 2.69. The first kappa shape index (κ1) is 20.7. The Labute approximate surface area is 173 Å². The fourth-order valence-electron chi connectivity index (χ4n) is 2.96. The highest BCUT2D eigenvalue weighted by molar-refractivity contribution is 8.02. The van der Waals surface area contributed by atoms with E-state index in [2.05, 4.69) is 5.32 Å². The summed E-state index contributed by atoms with van der Waals surface area (Å²) < 4.78 is 5.28. The van der Waals surface area contributed by atoms with E-state index in [1.54, 1.807) is 43.5 Å². The number of rotatable bonds is 5. The monoisotopic (exact) mass is 410 g/mol. The highest BCUT2D eigenvalue weighted by Gasteiger charge is 2.45. The molecule has 0 saturated carbocycles. The van der Waals surface area contributed by atoms with Crippen LogP contribution in [0.5, 0.6) is 0 Å². The molecule has 7 heteroatoms. The zero-order valence-corrected chi connectivity index (χ0v) is 17.2. The lowest BCUT2D eigenvalue weighted by molar-refractivity contribution is -0.149. The topological polar surface area (TPSA) is 75.7 Å². The Morgan fingerprint density at radius 2 is 1.76 bits per heavy atom. The summed E-state index contributed by atoms with van der Waals surface area (Å²) in [5.74, 6) is -1.39. The number of anilines is 2. The highest BCUT2D eigenvalue weighted by Crippen LogP contribution is 2.37. The zero-order chi connectivity index (χ0) is 21.0. The predicted octanol–water partition coefficient (Wildman–Crippen LogP) is 3.99. The largest absolute Gasteiger partial charge is 0.449 e. The molecule has 3 rings (SSSR count). The maximum absolute atomic E-state index is 13.1. The number of thioether (sulfide) groups is 1. The molecule has 0 bridgehead atoms. The van der Waals surface area contributed by atoms with E-state index >= 15 is 0 Å². The molecule has 0 aliphatic carbocycles. The van der Waals surface area contributed by atoms with Crippen LogP contribution in [-0.2, 0) is 19.1 Å². The van der Waals surface area contributed by atoms with Crippen molar-refractivity contribution in [2.45, 2.75) is 37.3 Å². The predicted molar refractivity (Wildman–Crippen MR) is 114 cm³/mol. The second-order valence-corrected chi connectivity index (χ2v) is 8.00. The minimum absolute atomic E-state index is 0.303. The van der Waals surface area contributed by atoms with E-state index in [-0.39, 0.29) is 5.91 Å². The summed E-state index contributed by atoms with van der Waals surface area (Å²) in [4.78, 5) is 40.1. The van der Waals surface area contributed by atoms with Crippen LogP contribution in [0.1, 0.15) is 20.8 Å². The van der Waals surface area contributed by atoms with Crippen LogP contribution in [0.25, 0.3) is 0 Å². The number of carbonyl (C=O) groups excluding carboxylic acids is 3. The molecular formula is C22H22N2O4S. The molecule has 29 heavy (non-hydrogen) atoms. The first-order valence-corrected chi connectivity index (χ1v) is 10.0. The van der Waals surface area contributed by atoms with Crippen molar-refractivity contribution >= 4 is 40.9 Å². The number of benzene rings is 2. The number of ether oxygens (including phenoxy) is 1. The number of hydrogen-bond donors (Lipinski definition) is 1. The molecule has 0 fully saturated rings. The van der Waals surface area contributed by atoms with Crippen LogP contribution in [0.3, 0.4) is 0 Å². The van der Waals surface area contributed by atoms with E-state index in [4.69, 9.17) is 4.74 Å². The molecule has 1 atom stereocenters. The van der Waals surface area contributed by atoms with Gasteiger partial charge in [0, 0.05) is 11.0 Å². The lowest BCUT2D eigenvalue weighted by Gasteiger charge is -2.42. The molecular weight excluding hydrogens is 388 g/mol. The van der Waals surface area contributed by atoms with Gasteiger partial charge < -0.3 is 10.1 Å². The van der Waals surface area contributed by atoms with E-state index in [0.717, 1.165) is 4.90 Å². The van der Waals surface area contributed by atoms with Gasteiger partial charge in [0.15, 0.2) is 6.10 Å². The van der Waals surface area contributed by atoms with E-state index in [0.29, 0.717) is 11.4 Å². The van der Waals surface area contributed by atoms with Gasteiger partial charge in [-0.2, -0.15) is 0 Å². The molecule has 6 nitrogen and oxygen atoms in total. The molecule has 1 aliphatic rings. The van der Waals surface area contributed by atoms with Gasteiger partial charge in [-0.05, 0) is 50.4 Å². The molecule has 2 aromatic carbocycles. The van der Waals surface area contributed by atoms with Gasteiger partial charge in [0.25, 0.3) is 5.91 Å². The SMILES string of the molecule is C[C@H](OC(=O)/C=C/Sc1ccccc1)C(=O)N1c2ccccc2NC(=O)C1(C)C. The van der Waals surface area contributed by atoms with Crippen molar-refractivity contribution in [2.75, 3.05) is 10.2 Å². The maximum Gasteiger partial charge on any atom is 0.332 e. The van der Waals surface area contributed by atoms with Crippen molar-refractivity contribution in [1.82, 2.24) is 0 Å². The van der Waals surface area contributed by atoms with E-state index in [9.17, 15) is 14.4 Å². The number of hydrogen-bond acceptors (Lipinski definition) is 5. The van der Waals surface area contributed by atoms with Gasteiger partial charge >= 0.3 is 5.97 Å². The quantitative estimate of drug-likeness (QED) is 0.458. The number of para-hydroxylation sites is 2. The third kappa shape index (κ3) is 4.51. The highest BCUT2D eigenvalue weighted by atomic mass is 32.2. The van der Waals surface area contributed by atoms with Crippen LogP contribution < -0.4 is 10.2 Å². The normalized spacial score (nSPS) is 16.1. The summed E-state index contributed by atoms with van der Waals surface area (Å²) >= 11 is 1.37. The number of fused-ring (bicyclic) bond motifs is 1. The van der Waals surface area contributed by atoms with Gasteiger partial charge in [-0.1, -0.05) is 42.1 Å². The van der Waals surface area contributed by atoms with E-state index < -0.39 is 23.5 Å². The minimum atomic E-state index is -1.12. The van der Waals surface area contributed by atoms with Gasteiger partial charge in [-0.3, -0.25) is 14.5 Å². The summed E-state index contributed by atoms with van der Waals surface area (Å²) in [6.07, 6.45) is 0.232. The summed E-state index contributed by atoms with van der Waals surface area (Å²) in [6.45, 7) is 4.81. The van der Waals surface area contributed by atoms with E-state index in [1.807, 2.05) is 30.3 Å². The number of carbonyl (C=O) groups is 3. The maximum atomic E-state index is 13.1. The molecule has 0 spiro atoms. The van der Waals surface area contributed by atoms with Crippen LogP contribution in [0, 0.1) is 0 Å². The molecule has 2 aromatic rings. The Bertz CT molecular complexity index is 956. The first-order valence-electron chi connectivity index (χ1n) is 9.14. The molecule has 0 saturated heterocycles. The van der Waals surface area contributed by atoms with Crippen LogP contribution in [0.15, 0.2) is 71.0 Å². The second kappa shape index (κ2) is 8.53. The minimum Gasteiger partial charge on any atom is -0.449 e. The van der Waals surface area contributed by atoms with Crippen molar-refractivity contribution in [3.63, 3.8) is 0 Å². The fraction of sp³-hybridized carbons (Fsp3) is 0.227. The van der Waals surface area contributed by atoms with Gasteiger partial charge in [0.2, 0.25) is 5.91 Å². The molecule has 150 valence electrons. The second-order valence-electron chi connectivity index (χ2n) is 7.02. The molecule has 1 aliphatic heterocycles. The molecule has 1 N–H and O–H groups in total. The first-order chi connectivity index (χ1) is 13.8. The number of esters is 1. The molecule has 2 amide bonds. The van der Waals surface area contributed by atoms with Gasteiger partial charge in [-0.25, -0.2) is 4.79 Å². The fourth-order valence-corrected chi connectivity index (χ4v) is 3.61. The lowest BCUT2D eigenvalue weighted by Crippen LogP contribution is -2.60. The molecule has 0 aromatic heterocycles. The smallest absolute Gasteiger partial charge is 0.332 e. The summed E-state index contributed by atoms with van der Waals surface area (Å²) in [6, 6.07) is 16.6. The molecule has 0 radical (unpaired) electrons. The third-order valence-electron chi connectivity index (χ3n) is 4.52. The Morgan fingerprint density at radius 1 is 1.10 bits per heavy atom. The van der Waals surface area contributed by atoms with Crippen LogP contribution >= 0.6 is 11.8 Å². The zero-order valence-electron chi connectivity index (χ0n) is 16.4. The lowest BCUT2D eigenvalue weighted by atomic mass is 9.95. The molecule has 0 unspecified atom stereocenters. The van der Waals surface area contributed by atoms with Crippen molar-refractivity contribution in [2.24, 2.45) is 0 Å². The van der Waals surface area contributed by atoms with Crippen molar-refractivity contribution < 1.29 is 19.1 Å². The Kier molecular flexibility index (Phi) is 6.08. The standard InChI is InChI=1S/C22H22N2O4S/c1-15(28-19(25)13-14-29-16-9-5-4-6-10-16)20(26)24-18-12-8-7-11-17(18)23-21(27)22(24,2)3/h4-15H,1-3H3,(H,23,27)/b14-13+/t15-/m0/s1. The van der Waals surface area contributed by atoms with Crippen molar-refractivity contribution in [3.8, 4) is 0 Å². The van der Waals surface area contributed by atoms with Crippen molar-refractivity contribution in [3.05, 3.63) is 66.1 Å². The Balaban J connectivity index is 1.70. The van der Waals surface area contributed by atoms with E-state index in [1.165, 1.54) is 29.7 Å².